The maximum atomic E-state index is 13.2. The third-order valence-corrected chi connectivity index (χ3v) is 6.50. The topological polar surface area (TPSA) is 74.2 Å². The second-order valence-electron chi connectivity index (χ2n) is 8.21. The smallest absolute Gasteiger partial charge is 0.259 e. The van der Waals surface area contributed by atoms with E-state index in [-0.39, 0.29) is 11.8 Å². The van der Waals surface area contributed by atoms with Crippen LogP contribution in [0.2, 0.25) is 5.15 Å². The van der Waals surface area contributed by atoms with Crippen LogP contribution in [0.3, 0.4) is 0 Å². The summed E-state index contributed by atoms with van der Waals surface area (Å²) >= 11 is 6.57. The van der Waals surface area contributed by atoms with Gasteiger partial charge in [-0.1, -0.05) is 48.0 Å². The largest absolute Gasteiger partial charge is 0.361 e. The number of halogens is 1. The number of rotatable bonds is 4. The summed E-state index contributed by atoms with van der Waals surface area (Å²) in [6.07, 6.45) is 2.24. The van der Waals surface area contributed by atoms with Crippen molar-refractivity contribution >= 4 is 34.3 Å². The molecule has 1 N–H and O–H groups in total. The highest BCUT2D eigenvalue weighted by Crippen LogP contribution is 2.25. The van der Waals surface area contributed by atoms with Gasteiger partial charge in [0.2, 0.25) is 5.91 Å². The third kappa shape index (κ3) is 4.00. The first-order chi connectivity index (χ1) is 16.0. The Kier molecular flexibility index (Phi) is 5.64. The van der Waals surface area contributed by atoms with Crippen LogP contribution in [-0.2, 0) is 11.2 Å². The summed E-state index contributed by atoms with van der Waals surface area (Å²) in [4.78, 5) is 32.9. The summed E-state index contributed by atoms with van der Waals surface area (Å²) in [5.41, 5.74) is 3.83. The highest BCUT2D eigenvalue weighted by molar-refractivity contribution is 6.33. The molecule has 0 unspecified atom stereocenters. The third-order valence-electron chi connectivity index (χ3n) is 6.15. The number of carbonyl (C=O) groups is 2. The molecule has 0 spiro atoms. The zero-order valence-electron chi connectivity index (χ0n) is 18.3. The minimum atomic E-state index is -0.150. The van der Waals surface area contributed by atoms with Crippen molar-refractivity contribution in [2.75, 3.05) is 26.2 Å². The number of para-hydroxylation sites is 2. The number of benzene rings is 2. The lowest BCUT2D eigenvalue weighted by Gasteiger charge is -2.34. The van der Waals surface area contributed by atoms with Crippen molar-refractivity contribution in [2.45, 2.75) is 13.3 Å². The van der Waals surface area contributed by atoms with Gasteiger partial charge in [0.15, 0.2) is 0 Å². The van der Waals surface area contributed by atoms with Crippen molar-refractivity contribution < 1.29 is 9.59 Å². The standard InChI is InChI=1S/C25H24ClN5O2/c1-17-23(24(26)31(28-17)19-7-3-2-4-8-19)25(33)30-13-11-29(12-14-30)22(32)15-18-16-27-21-10-6-5-9-20(18)21/h2-10,16,27H,11-15H2,1H3. The number of amides is 2. The summed E-state index contributed by atoms with van der Waals surface area (Å²) in [5, 5.41) is 5.85. The zero-order chi connectivity index (χ0) is 22.9. The first kappa shape index (κ1) is 21.3. The predicted molar refractivity (Wildman–Crippen MR) is 128 cm³/mol. The summed E-state index contributed by atoms with van der Waals surface area (Å²) in [6.45, 7) is 3.71. The summed E-state index contributed by atoms with van der Waals surface area (Å²) < 4.78 is 1.59. The molecule has 1 fully saturated rings. The van der Waals surface area contributed by atoms with Gasteiger partial charge >= 0.3 is 0 Å². The SMILES string of the molecule is Cc1nn(-c2ccccc2)c(Cl)c1C(=O)N1CCN(C(=O)Cc2c[nH]c3ccccc23)CC1. The van der Waals surface area contributed by atoms with Crippen LogP contribution < -0.4 is 0 Å². The molecule has 168 valence electrons. The molecule has 7 nitrogen and oxygen atoms in total. The van der Waals surface area contributed by atoms with Gasteiger partial charge in [0.05, 0.1) is 23.4 Å². The number of hydrogen-bond acceptors (Lipinski definition) is 3. The highest BCUT2D eigenvalue weighted by atomic mass is 35.5. The number of nitrogens with zero attached hydrogens (tertiary/aromatic N) is 4. The molecule has 2 aromatic heterocycles. The quantitative estimate of drug-likeness (QED) is 0.501. The lowest BCUT2D eigenvalue weighted by Crippen LogP contribution is -2.51. The Labute approximate surface area is 196 Å². The summed E-state index contributed by atoms with van der Waals surface area (Å²) in [7, 11) is 0. The molecule has 1 saturated heterocycles. The van der Waals surface area contributed by atoms with Crippen LogP contribution in [0.1, 0.15) is 21.6 Å². The average Bonchev–Trinajstić information content (AvgIpc) is 3.39. The van der Waals surface area contributed by atoms with Crippen molar-refractivity contribution in [2.24, 2.45) is 0 Å². The number of piperazine rings is 1. The fraction of sp³-hybridized carbons (Fsp3) is 0.240. The Morgan fingerprint density at radius 2 is 1.64 bits per heavy atom. The Bertz CT molecular complexity index is 1320. The molecule has 4 aromatic rings. The van der Waals surface area contributed by atoms with Crippen LogP contribution in [0.5, 0.6) is 0 Å². The normalized spacial score (nSPS) is 14.1. The molecule has 33 heavy (non-hydrogen) atoms. The molecule has 3 heterocycles. The second-order valence-corrected chi connectivity index (χ2v) is 8.57. The van der Waals surface area contributed by atoms with Crippen molar-refractivity contribution in [3.8, 4) is 5.69 Å². The number of aromatic amines is 1. The number of aryl methyl sites for hydroxylation is 1. The molecular weight excluding hydrogens is 438 g/mol. The van der Waals surface area contributed by atoms with Crippen LogP contribution in [0, 0.1) is 6.92 Å². The van der Waals surface area contributed by atoms with E-state index in [0.29, 0.717) is 49.0 Å². The number of fused-ring (bicyclic) bond motifs is 1. The van der Waals surface area contributed by atoms with Gasteiger partial charge in [-0.15, -0.1) is 0 Å². The van der Waals surface area contributed by atoms with Gasteiger partial charge in [0, 0.05) is 43.3 Å². The molecule has 2 amide bonds. The van der Waals surface area contributed by atoms with E-state index in [2.05, 4.69) is 10.1 Å². The number of nitrogens with one attached hydrogen (secondary N) is 1. The van der Waals surface area contributed by atoms with E-state index in [1.54, 1.807) is 16.5 Å². The monoisotopic (exact) mass is 461 g/mol. The van der Waals surface area contributed by atoms with Crippen LogP contribution in [0.4, 0.5) is 0 Å². The van der Waals surface area contributed by atoms with Gasteiger partial charge in [-0.3, -0.25) is 9.59 Å². The first-order valence-electron chi connectivity index (χ1n) is 11.0. The maximum Gasteiger partial charge on any atom is 0.259 e. The van der Waals surface area contributed by atoms with Gasteiger partial charge < -0.3 is 14.8 Å². The lowest BCUT2D eigenvalue weighted by atomic mass is 10.1. The van der Waals surface area contributed by atoms with Crippen molar-refractivity contribution in [1.29, 1.82) is 0 Å². The van der Waals surface area contributed by atoms with Crippen LogP contribution >= 0.6 is 11.6 Å². The van der Waals surface area contributed by atoms with E-state index < -0.39 is 0 Å². The van der Waals surface area contributed by atoms with Crippen LogP contribution in [0.15, 0.2) is 60.8 Å². The molecule has 5 rings (SSSR count). The Balaban J connectivity index is 1.25. The molecule has 0 atom stereocenters. The minimum Gasteiger partial charge on any atom is -0.361 e. The molecular formula is C25H24ClN5O2. The van der Waals surface area contributed by atoms with Gasteiger partial charge in [0.25, 0.3) is 5.91 Å². The molecule has 1 aliphatic rings. The average molecular weight is 462 g/mol. The maximum absolute atomic E-state index is 13.2. The Morgan fingerprint density at radius 3 is 2.39 bits per heavy atom. The Hall–Kier alpha value is -3.58. The molecule has 0 aliphatic carbocycles. The molecule has 2 aromatic carbocycles. The van der Waals surface area contributed by atoms with E-state index in [0.717, 1.165) is 22.2 Å². The van der Waals surface area contributed by atoms with E-state index in [9.17, 15) is 9.59 Å². The number of H-pyrrole nitrogens is 1. The van der Waals surface area contributed by atoms with Crippen molar-refractivity contribution in [3.63, 3.8) is 0 Å². The lowest BCUT2D eigenvalue weighted by molar-refractivity contribution is -0.131. The predicted octanol–water partition coefficient (Wildman–Crippen LogP) is 3.84. The fourth-order valence-electron chi connectivity index (χ4n) is 4.35. The van der Waals surface area contributed by atoms with Gasteiger partial charge in [-0.05, 0) is 30.7 Å². The summed E-state index contributed by atoms with van der Waals surface area (Å²) in [6, 6.07) is 17.5. The molecule has 1 aliphatic heterocycles. The van der Waals surface area contributed by atoms with E-state index >= 15 is 0 Å². The number of hydrogen-bond donors (Lipinski definition) is 1. The van der Waals surface area contributed by atoms with Gasteiger partial charge in [-0.2, -0.15) is 5.10 Å². The van der Waals surface area contributed by atoms with Crippen LogP contribution in [0.25, 0.3) is 16.6 Å². The zero-order valence-corrected chi connectivity index (χ0v) is 19.0. The van der Waals surface area contributed by atoms with E-state index in [1.165, 1.54) is 0 Å². The molecule has 0 radical (unpaired) electrons. The second kappa shape index (κ2) is 8.75. The van der Waals surface area contributed by atoms with Gasteiger partial charge in [-0.25, -0.2) is 4.68 Å². The fourth-order valence-corrected chi connectivity index (χ4v) is 4.70. The van der Waals surface area contributed by atoms with E-state index in [4.69, 9.17) is 11.6 Å². The van der Waals surface area contributed by atoms with Gasteiger partial charge in [0.1, 0.15) is 5.15 Å². The number of carbonyl (C=O) groups excluding carboxylic acids is 2. The van der Waals surface area contributed by atoms with Crippen molar-refractivity contribution in [3.05, 3.63) is 82.8 Å². The van der Waals surface area contributed by atoms with Crippen molar-refractivity contribution in [1.82, 2.24) is 24.6 Å². The molecule has 8 heteroatoms. The van der Waals surface area contributed by atoms with E-state index in [1.807, 2.05) is 65.7 Å². The molecule has 0 saturated carbocycles. The number of aromatic nitrogens is 3. The Morgan fingerprint density at radius 1 is 0.970 bits per heavy atom. The summed E-state index contributed by atoms with van der Waals surface area (Å²) in [5.74, 6) is -0.0821. The van der Waals surface area contributed by atoms with Crippen LogP contribution in [-0.4, -0.2) is 62.6 Å². The molecule has 0 bridgehead atoms. The minimum absolute atomic E-state index is 0.0676. The highest BCUT2D eigenvalue weighted by Gasteiger charge is 2.29. The first-order valence-corrected chi connectivity index (χ1v) is 11.3.